The van der Waals surface area contributed by atoms with Crippen molar-refractivity contribution in [3.63, 3.8) is 0 Å². The third kappa shape index (κ3) is 7.14. The van der Waals surface area contributed by atoms with Crippen LogP contribution in [0.25, 0.3) is 0 Å². The molecule has 0 aliphatic rings. The van der Waals surface area contributed by atoms with Crippen LogP contribution in [-0.4, -0.2) is 43.5 Å². The van der Waals surface area contributed by atoms with E-state index in [1.165, 1.54) is 80.9 Å². The maximum absolute atomic E-state index is 13.5. The van der Waals surface area contributed by atoms with Crippen LogP contribution in [0.5, 0.6) is 11.5 Å². The van der Waals surface area contributed by atoms with Crippen LogP contribution in [0.15, 0.2) is 101 Å². The van der Waals surface area contributed by atoms with Gasteiger partial charge in [0.2, 0.25) is 5.91 Å². The van der Waals surface area contributed by atoms with Gasteiger partial charge in [0.25, 0.3) is 20.0 Å². The minimum atomic E-state index is -4.12. The number of anilines is 3. The number of nitrogens with one attached hydrogen (secondary N) is 2. The second-order valence-electron chi connectivity index (χ2n) is 9.05. The first-order valence-electron chi connectivity index (χ1n) is 12.4. The molecule has 0 aliphatic carbocycles. The summed E-state index contributed by atoms with van der Waals surface area (Å²) in [7, 11) is -5.27. The van der Waals surface area contributed by atoms with Crippen LogP contribution in [0.1, 0.15) is 5.56 Å². The predicted molar refractivity (Wildman–Crippen MR) is 163 cm³/mol. The van der Waals surface area contributed by atoms with Crippen molar-refractivity contribution in [2.24, 2.45) is 0 Å². The fourth-order valence-corrected chi connectivity index (χ4v) is 6.51. The Kier molecular flexibility index (Phi) is 9.30. The van der Waals surface area contributed by atoms with Crippen LogP contribution in [-0.2, 0) is 24.8 Å². The Balaban J connectivity index is 1.53. The lowest BCUT2D eigenvalue weighted by Crippen LogP contribution is -2.38. The van der Waals surface area contributed by atoms with Crippen molar-refractivity contribution < 1.29 is 31.1 Å². The van der Waals surface area contributed by atoms with Crippen molar-refractivity contribution >= 4 is 54.6 Å². The molecular formula is C29H28ClN3O7S2. The SMILES string of the molecule is COc1ccc(OC)c(NS(=O)(=O)c2ccc(NC(=O)CN(c3ccc(Cl)cc3)S(=O)(=O)c3ccc(C)cc3)cc2)c1. The number of amides is 1. The van der Waals surface area contributed by atoms with Gasteiger partial charge in [0, 0.05) is 16.8 Å². The van der Waals surface area contributed by atoms with Gasteiger partial charge in [-0.15, -0.1) is 0 Å². The van der Waals surface area contributed by atoms with Crippen molar-refractivity contribution in [1.82, 2.24) is 0 Å². The van der Waals surface area contributed by atoms with Gasteiger partial charge in [0.05, 0.1) is 35.4 Å². The largest absolute Gasteiger partial charge is 0.497 e. The number of nitrogens with zero attached hydrogens (tertiary/aromatic N) is 1. The standard InChI is InChI=1S/C29H28ClN3O7S2/c1-20-4-13-26(14-5-20)42(37,38)33(23-10-6-21(30)7-11-23)19-29(34)31-22-8-15-25(16-9-22)41(35,36)32-27-18-24(39-2)12-17-28(27)40-3/h4-18,32H,19H2,1-3H3,(H,31,34). The minimum absolute atomic E-state index is 0.0191. The van der Waals surface area contributed by atoms with E-state index in [1.54, 1.807) is 24.3 Å². The van der Waals surface area contributed by atoms with Crippen molar-refractivity contribution in [3.8, 4) is 11.5 Å². The van der Waals surface area contributed by atoms with E-state index in [-0.39, 0.29) is 26.9 Å². The average molecular weight is 630 g/mol. The molecular weight excluding hydrogens is 602 g/mol. The van der Waals surface area contributed by atoms with Gasteiger partial charge in [-0.2, -0.15) is 0 Å². The highest BCUT2D eigenvalue weighted by Crippen LogP contribution is 2.31. The summed E-state index contributed by atoms with van der Waals surface area (Å²) in [6.45, 7) is 1.29. The molecule has 1 amide bonds. The number of carbonyl (C=O) groups excluding carboxylic acids is 1. The topological polar surface area (TPSA) is 131 Å². The third-order valence-electron chi connectivity index (χ3n) is 6.11. The summed E-state index contributed by atoms with van der Waals surface area (Å²) in [6.07, 6.45) is 0. The van der Waals surface area contributed by atoms with Gasteiger partial charge in [0.1, 0.15) is 18.0 Å². The first-order valence-corrected chi connectivity index (χ1v) is 15.7. The molecule has 0 atom stereocenters. The van der Waals surface area contributed by atoms with E-state index in [1.807, 2.05) is 6.92 Å². The second-order valence-corrected chi connectivity index (χ2v) is 13.0. The van der Waals surface area contributed by atoms with Gasteiger partial charge in [0.15, 0.2) is 0 Å². The zero-order chi connectivity index (χ0) is 30.5. The molecule has 4 rings (SSSR count). The molecule has 2 N–H and O–H groups in total. The monoisotopic (exact) mass is 629 g/mol. The van der Waals surface area contributed by atoms with Crippen LogP contribution < -0.4 is 23.8 Å². The van der Waals surface area contributed by atoms with Crippen molar-refractivity contribution in [3.05, 3.63) is 102 Å². The maximum Gasteiger partial charge on any atom is 0.264 e. The molecule has 0 fully saturated rings. The number of rotatable bonds is 11. The van der Waals surface area contributed by atoms with Gasteiger partial charge in [-0.3, -0.25) is 13.8 Å². The normalized spacial score (nSPS) is 11.4. The Labute approximate surface area is 250 Å². The molecule has 220 valence electrons. The van der Waals surface area contributed by atoms with Crippen molar-refractivity contribution in [2.45, 2.75) is 16.7 Å². The van der Waals surface area contributed by atoms with Gasteiger partial charge in [-0.05, 0) is 79.7 Å². The molecule has 0 saturated carbocycles. The Morgan fingerprint density at radius 3 is 2.02 bits per heavy atom. The summed E-state index contributed by atoms with van der Waals surface area (Å²) in [5.74, 6) is 0.0909. The highest BCUT2D eigenvalue weighted by Gasteiger charge is 2.27. The van der Waals surface area contributed by atoms with Crippen molar-refractivity contribution in [2.75, 3.05) is 35.1 Å². The number of benzene rings is 4. The molecule has 0 unspecified atom stereocenters. The molecule has 0 saturated heterocycles. The van der Waals surface area contributed by atoms with Crippen LogP contribution in [0, 0.1) is 6.92 Å². The van der Waals surface area contributed by atoms with E-state index in [4.69, 9.17) is 21.1 Å². The second kappa shape index (κ2) is 12.7. The molecule has 0 radical (unpaired) electrons. The van der Waals surface area contributed by atoms with Gasteiger partial charge >= 0.3 is 0 Å². The number of ether oxygens (including phenoxy) is 2. The minimum Gasteiger partial charge on any atom is -0.497 e. The Morgan fingerprint density at radius 1 is 0.810 bits per heavy atom. The molecule has 0 bridgehead atoms. The highest BCUT2D eigenvalue weighted by molar-refractivity contribution is 7.93. The predicted octanol–water partition coefficient (Wildman–Crippen LogP) is 5.30. The zero-order valence-electron chi connectivity index (χ0n) is 22.9. The van der Waals surface area contributed by atoms with Gasteiger partial charge < -0.3 is 14.8 Å². The average Bonchev–Trinajstić information content (AvgIpc) is 2.96. The third-order valence-corrected chi connectivity index (χ3v) is 9.53. The molecule has 10 nitrogen and oxygen atoms in total. The fraction of sp³-hybridized carbons (Fsp3) is 0.138. The number of sulfonamides is 2. The maximum atomic E-state index is 13.5. The lowest BCUT2D eigenvalue weighted by Gasteiger charge is -2.24. The molecule has 0 aromatic heterocycles. The zero-order valence-corrected chi connectivity index (χ0v) is 25.3. The summed E-state index contributed by atoms with van der Waals surface area (Å²) in [5, 5.41) is 3.03. The lowest BCUT2D eigenvalue weighted by atomic mass is 10.2. The molecule has 0 heterocycles. The summed E-state index contributed by atoms with van der Waals surface area (Å²) in [6, 6.07) is 22.5. The fourth-order valence-electron chi connectivity index (χ4n) is 3.91. The Bertz CT molecular complexity index is 1780. The molecule has 0 spiro atoms. The molecule has 4 aromatic carbocycles. The van der Waals surface area contributed by atoms with Gasteiger partial charge in [-0.1, -0.05) is 29.3 Å². The Hall–Kier alpha value is -4.26. The number of hydrogen-bond donors (Lipinski definition) is 2. The summed E-state index contributed by atoms with van der Waals surface area (Å²) in [5.41, 5.74) is 1.58. The van der Waals surface area contributed by atoms with E-state index >= 15 is 0 Å². The summed E-state index contributed by atoms with van der Waals surface area (Å²) >= 11 is 5.99. The number of hydrogen-bond acceptors (Lipinski definition) is 7. The van der Waals surface area contributed by atoms with Crippen LogP contribution in [0.2, 0.25) is 5.02 Å². The first-order chi connectivity index (χ1) is 19.9. The van der Waals surface area contributed by atoms with Crippen molar-refractivity contribution in [1.29, 1.82) is 0 Å². The van der Waals surface area contributed by atoms with E-state index < -0.39 is 32.5 Å². The van der Waals surface area contributed by atoms with Gasteiger partial charge in [-0.25, -0.2) is 16.8 Å². The van der Waals surface area contributed by atoms with E-state index in [9.17, 15) is 21.6 Å². The smallest absolute Gasteiger partial charge is 0.264 e. The number of carbonyl (C=O) groups is 1. The van der Waals surface area contributed by atoms with Crippen LogP contribution in [0.3, 0.4) is 0 Å². The lowest BCUT2D eigenvalue weighted by molar-refractivity contribution is -0.114. The summed E-state index contributed by atoms with van der Waals surface area (Å²) < 4.78 is 66.9. The first kappa shape index (κ1) is 30.7. The number of aryl methyl sites for hydroxylation is 1. The van der Waals surface area contributed by atoms with E-state index in [2.05, 4.69) is 10.0 Å². The van der Waals surface area contributed by atoms with E-state index in [0.29, 0.717) is 16.5 Å². The molecule has 0 aliphatic heterocycles. The molecule has 13 heteroatoms. The van der Waals surface area contributed by atoms with Crippen LogP contribution >= 0.6 is 11.6 Å². The van der Waals surface area contributed by atoms with E-state index in [0.717, 1.165) is 9.87 Å². The molecule has 4 aromatic rings. The number of methoxy groups -OCH3 is 2. The van der Waals surface area contributed by atoms with Crippen LogP contribution in [0.4, 0.5) is 17.1 Å². The summed E-state index contributed by atoms with van der Waals surface area (Å²) in [4.78, 5) is 13.0. The quantitative estimate of drug-likeness (QED) is 0.230. The number of halogens is 1. The molecule has 42 heavy (non-hydrogen) atoms. The Morgan fingerprint density at radius 2 is 1.43 bits per heavy atom. The highest BCUT2D eigenvalue weighted by atomic mass is 35.5.